The summed E-state index contributed by atoms with van der Waals surface area (Å²) in [6, 6.07) is 3.81. The van der Waals surface area contributed by atoms with Crippen LogP contribution in [-0.2, 0) is 4.79 Å². The lowest BCUT2D eigenvalue weighted by molar-refractivity contribution is -0.119. The molecule has 0 saturated heterocycles. The topological polar surface area (TPSA) is 44.7 Å². The first kappa shape index (κ1) is 11.9. The summed E-state index contributed by atoms with van der Waals surface area (Å²) in [6.45, 7) is 0. The molecule has 0 radical (unpaired) electrons. The zero-order valence-corrected chi connectivity index (χ0v) is 9.91. The van der Waals surface area contributed by atoms with Crippen molar-refractivity contribution in [2.75, 3.05) is 11.9 Å². The van der Waals surface area contributed by atoms with Crippen LogP contribution in [0.15, 0.2) is 23.3 Å². The molecule has 1 amide bonds. The van der Waals surface area contributed by atoms with E-state index < -0.39 is 5.82 Å². The first-order valence-electron chi connectivity index (χ1n) is 5.09. The Morgan fingerprint density at radius 3 is 3.00 bits per heavy atom. The van der Waals surface area contributed by atoms with Crippen LogP contribution < -0.4 is 10.3 Å². The third-order valence-electron chi connectivity index (χ3n) is 2.58. The number of hydrazone groups is 1. The Bertz CT molecular complexity index is 470. The summed E-state index contributed by atoms with van der Waals surface area (Å²) < 4.78 is 13.0. The van der Waals surface area contributed by atoms with Gasteiger partial charge in [-0.05, 0) is 18.2 Å². The Kier molecular flexibility index (Phi) is 3.28. The molecule has 1 aliphatic heterocycles. The van der Waals surface area contributed by atoms with E-state index in [0.717, 1.165) is 0 Å². The molecule has 0 saturated carbocycles. The Hall–Kier alpha value is -1.62. The largest absolute Gasteiger partial charge is 0.314 e. The number of hydrogen-bond donors (Lipinski definition) is 1. The summed E-state index contributed by atoms with van der Waals surface area (Å²) in [7, 11) is 1.62. The van der Waals surface area contributed by atoms with Gasteiger partial charge in [0.25, 0.3) is 5.91 Å². The molecule has 2 rings (SSSR count). The SMILES string of the molecule is CN(C(=O)C1CC=NN1)c1ccc(F)c(Cl)c1. The van der Waals surface area contributed by atoms with Gasteiger partial charge in [-0.1, -0.05) is 11.6 Å². The van der Waals surface area contributed by atoms with Gasteiger partial charge in [0.1, 0.15) is 11.9 Å². The van der Waals surface area contributed by atoms with Crippen LogP contribution >= 0.6 is 11.6 Å². The molecule has 6 heteroatoms. The van der Waals surface area contributed by atoms with Crippen LogP contribution in [0.1, 0.15) is 6.42 Å². The number of halogens is 2. The Morgan fingerprint density at radius 1 is 1.65 bits per heavy atom. The van der Waals surface area contributed by atoms with Gasteiger partial charge in [0.2, 0.25) is 0 Å². The molecule has 1 aromatic carbocycles. The molecule has 17 heavy (non-hydrogen) atoms. The smallest absolute Gasteiger partial charge is 0.251 e. The fourth-order valence-electron chi connectivity index (χ4n) is 1.56. The highest BCUT2D eigenvalue weighted by atomic mass is 35.5. The summed E-state index contributed by atoms with van der Waals surface area (Å²) in [5, 5.41) is 3.78. The summed E-state index contributed by atoms with van der Waals surface area (Å²) >= 11 is 5.67. The average molecular weight is 256 g/mol. The van der Waals surface area contributed by atoms with E-state index in [1.165, 1.54) is 23.1 Å². The molecule has 0 spiro atoms. The minimum absolute atomic E-state index is 0.00205. The van der Waals surface area contributed by atoms with E-state index in [4.69, 9.17) is 11.6 Å². The molecule has 90 valence electrons. The first-order chi connectivity index (χ1) is 8.09. The molecule has 0 aromatic heterocycles. The number of hydrogen-bond acceptors (Lipinski definition) is 3. The van der Waals surface area contributed by atoms with Gasteiger partial charge in [-0.15, -0.1) is 0 Å². The van der Waals surface area contributed by atoms with E-state index in [1.54, 1.807) is 13.3 Å². The van der Waals surface area contributed by atoms with Gasteiger partial charge in [-0.25, -0.2) is 4.39 Å². The third kappa shape index (κ3) is 2.39. The molecular weight excluding hydrogens is 245 g/mol. The van der Waals surface area contributed by atoms with E-state index >= 15 is 0 Å². The Balaban J connectivity index is 2.15. The highest BCUT2D eigenvalue weighted by molar-refractivity contribution is 6.31. The van der Waals surface area contributed by atoms with E-state index in [0.29, 0.717) is 12.1 Å². The summed E-state index contributed by atoms with van der Waals surface area (Å²) in [4.78, 5) is 13.4. The first-order valence-corrected chi connectivity index (χ1v) is 5.47. The normalized spacial score (nSPS) is 17.9. The van der Waals surface area contributed by atoms with E-state index in [1.807, 2.05) is 0 Å². The molecule has 4 nitrogen and oxygen atoms in total. The molecule has 1 heterocycles. The monoisotopic (exact) mass is 255 g/mol. The second-order valence-corrected chi connectivity index (χ2v) is 4.13. The zero-order chi connectivity index (χ0) is 12.4. The number of rotatable bonds is 2. The van der Waals surface area contributed by atoms with Crippen molar-refractivity contribution in [1.82, 2.24) is 5.43 Å². The molecule has 1 aromatic rings. The van der Waals surface area contributed by atoms with Gasteiger partial charge >= 0.3 is 0 Å². The molecule has 1 N–H and O–H groups in total. The van der Waals surface area contributed by atoms with Crippen molar-refractivity contribution in [3.63, 3.8) is 0 Å². The van der Waals surface area contributed by atoms with Crippen molar-refractivity contribution in [2.45, 2.75) is 12.5 Å². The van der Waals surface area contributed by atoms with Crippen LogP contribution in [0.25, 0.3) is 0 Å². The molecule has 0 aliphatic carbocycles. The lowest BCUT2D eigenvalue weighted by atomic mass is 10.2. The van der Waals surface area contributed by atoms with Crippen LogP contribution in [0.4, 0.5) is 10.1 Å². The Morgan fingerprint density at radius 2 is 2.41 bits per heavy atom. The number of amides is 1. The maximum absolute atomic E-state index is 13.0. The molecular formula is C11H11ClFN3O. The highest BCUT2D eigenvalue weighted by Gasteiger charge is 2.24. The quantitative estimate of drug-likeness (QED) is 0.876. The van der Waals surface area contributed by atoms with Crippen LogP contribution in [0.5, 0.6) is 0 Å². The average Bonchev–Trinajstić information content (AvgIpc) is 2.84. The van der Waals surface area contributed by atoms with Gasteiger partial charge in [-0.2, -0.15) is 5.10 Å². The Labute approximate surface area is 103 Å². The second-order valence-electron chi connectivity index (χ2n) is 3.72. The number of carbonyl (C=O) groups is 1. The number of nitrogens with zero attached hydrogens (tertiary/aromatic N) is 2. The molecule has 0 fully saturated rings. The number of nitrogens with one attached hydrogen (secondary N) is 1. The lowest BCUT2D eigenvalue weighted by Crippen LogP contribution is -2.41. The van der Waals surface area contributed by atoms with Crippen LogP contribution in [0, 0.1) is 5.82 Å². The van der Waals surface area contributed by atoms with E-state index in [2.05, 4.69) is 10.5 Å². The van der Waals surface area contributed by atoms with Gasteiger partial charge in [0.05, 0.1) is 5.02 Å². The van der Waals surface area contributed by atoms with Crippen molar-refractivity contribution >= 4 is 29.4 Å². The third-order valence-corrected chi connectivity index (χ3v) is 2.87. The van der Waals surface area contributed by atoms with E-state index in [9.17, 15) is 9.18 Å². The van der Waals surface area contributed by atoms with Gasteiger partial charge in [0, 0.05) is 25.4 Å². The van der Waals surface area contributed by atoms with Crippen LogP contribution in [0.2, 0.25) is 5.02 Å². The standard InChI is InChI=1S/C11H11ClFN3O/c1-16(11(17)10-4-5-14-15-10)7-2-3-9(13)8(12)6-7/h2-3,5-6,10,15H,4H2,1H3. The van der Waals surface area contributed by atoms with Crippen molar-refractivity contribution in [2.24, 2.45) is 5.10 Å². The fraction of sp³-hybridized carbons (Fsp3) is 0.273. The maximum Gasteiger partial charge on any atom is 0.251 e. The number of anilines is 1. The van der Waals surface area contributed by atoms with Crippen LogP contribution in [0.3, 0.4) is 0 Å². The van der Waals surface area contributed by atoms with Crippen molar-refractivity contribution in [1.29, 1.82) is 0 Å². The van der Waals surface area contributed by atoms with Gasteiger partial charge < -0.3 is 4.90 Å². The molecule has 1 aliphatic rings. The van der Waals surface area contributed by atoms with Crippen molar-refractivity contribution in [3.05, 3.63) is 29.0 Å². The summed E-state index contributed by atoms with van der Waals surface area (Å²) in [6.07, 6.45) is 2.20. The van der Waals surface area contributed by atoms with Gasteiger partial charge in [0.15, 0.2) is 0 Å². The maximum atomic E-state index is 13.0. The highest BCUT2D eigenvalue weighted by Crippen LogP contribution is 2.22. The summed E-state index contributed by atoms with van der Waals surface area (Å²) in [5.41, 5.74) is 3.26. The molecule has 1 unspecified atom stereocenters. The minimum atomic E-state index is -0.501. The van der Waals surface area contributed by atoms with Crippen molar-refractivity contribution < 1.29 is 9.18 Å². The number of carbonyl (C=O) groups excluding carboxylic acids is 1. The predicted octanol–water partition coefficient (Wildman–Crippen LogP) is 1.79. The second kappa shape index (κ2) is 4.71. The van der Waals surface area contributed by atoms with Crippen molar-refractivity contribution in [3.8, 4) is 0 Å². The number of benzene rings is 1. The summed E-state index contributed by atoms with van der Waals surface area (Å²) in [5.74, 6) is -0.635. The zero-order valence-electron chi connectivity index (χ0n) is 9.15. The fourth-order valence-corrected chi connectivity index (χ4v) is 1.74. The number of likely N-dealkylation sites (N-methyl/N-ethyl adjacent to an activating group) is 1. The van der Waals surface area contributed by atoms with Crippen LogP contribution in [-0.4, -0.2) is 25.2 Å². The minimum Gasteiger partial charge on any atom is -0.314 e. The van der Waals surface area contributed by atoms with Gasteiger partial charge in [-0.3, -0.25) is 10.2 Å². The molecule has 1 atom stereocenters. The lowest BCUT2D eigenvalue weighted by Gasteiger charge is -2.21. The van der Waals surface area contributed by atoms with E-state index in [-0.39, 0.29) is 17.0 Å². The predicted molar refractivity (Wildman–Crippen MR) is 64.9 cm³/mol. The molecule has 0 bridgehead atoms.